The van der Waals surface area contributed by atoms with Crippen LogP contribution in [-0.2, 0) is 25.0 Å². The molecule has 0 radical (unpaired) electrons. The van der Waals surface area contributed by atoms with Crippen LogP contribution in [0.4, 0.5) is 0 Å². The molecule has 0 saturated carbocycles. The van der Waals surface area contributed by atoms with E-state index in [9.17, 15) is 14.2 Å². The monoisotopic (exact) mass is 465 g/mol. The van der Waals surface area contributed by atoms with Crippen molar-refractivity contribution in [3.63, 3.8) is 0 Å². The molecule has 1 aromatic heterocycles. The van der Waals surface area contributed by atoms with Crippen molar-refractivity contribution in [2.45, 2.75) is 38.3 Å². The van der Waals surface area contributed by atoms with Crippen LogP contribution in [0.2, 0.25) is 0 Å². The van der Waals surface area contributed by atoms with E-state index in [1.165, 1.54) is 17.9 Å². The van der Waals surface area contributed by atoms with Gasteiger partial charge in [0.1, 0.15) is 6.23 Å². The summed E-state index contributed by atoms with van der Waals surface area (Å²) >= 11 is 0. The molecule has 0 spiro atoms. The lowest BCUT2D eigenvalue weighted by molar-refractivity contribution is -0.0289. The van der Waals surface area contributed by atoms with Gasteiger partial charge in [-0.3, -0.25) is 23.4 Å². The smallest absolute Gasteiger partial charge is 0.493 e. The number of para-hydroxylation sites is 1. The van der Waals surface area contributed by atoms with Gasteiger partial charge >= 0.3 is 13.5 Å². The summed E-state index contributed by atoms with van der Waals surface area (Å²) in [5, 5.41) is 3.70. The number of fused-ring (bicyclic) bond motifs is 1. The Kier molecular flexibility index (Phi) is 6.09. The number of phosphoric ester groups is 1. The zero-order valence-corrected chi connectivity index (χ0v) is 18.1. The van der Waals surface area contributed by atoms with Gasteiger partial charge in [-0.2, -0.15) is 0 Å². The van der Waals surface area contributed by atoms with Crippen molar-refractivity contribution in [1.29, 1.82) is 0 Å². The third kappa shape index (κ3) is 4.29. The van der Waals surface area contributed by atoms with Crippen LogP contribution in [0.25, 0.3) is 10.4 Å². The van der Waals surface area contributed by atoms with E-state index in [0.717, 1.165) is 0 Å². The summed E-state index contributed by atoms with van der Waals surface area (Å²) in [6, 6.07) is 4.43. The van der Waals surface area contributed by atoms with Gasteiger partial charge in [0, 0.05) is 28.7 Å². The van der Waals surface area contributed by atoms with Crippen LogP contribution in [0, 0.1) is 6.92 Å². The van der Waals surface area contributed by atoms with Crippen molar-refractivity contribution in [2.24, 2.45) is 5.11 Å². The summed E-state index contributed by atoms with van der Waals surface area (Å²) < 4.78 is 41.5. The van der Waals surface area contributed by atoms with Gasteiger partial charge in [0.05, 0.1) is 32.5 Å². The maximum atomic E-state index is 13.0. The van der Waals surface area contributed by atoms with Crippen molar-refractivity contribution < 1.29 is 27.6 Å². The van der Waals surface area contributed by atoms with Crippen molar-refractivity contribution in [3.05, 3.63) is 66.8 Å². The molecule has 14 heteroatoms. The zero-order chi connectivity index (χ0) is 22.9. The van der Waals surface area contributed by atoms with Gasteiger partial charge in [0.15, 0.2) is 11.5 Å². The van der Waals surface area contributed by atoms with E-state index in [0.29, 0.717) is 16.9 Å². The molecule has 0 bridgehead atoms. The number of rotatable bonds is 6. The number of nitrogens with one attached hydrogen (secondary N) is 1. The molecule has 4 atom stereocenters. The van der Waals surface area contributed by atoms with Crippen LogP contribution < -0.4 is 20.5 Å². The summed E-state index contributed by atoms with van der Waals surface area (Å²) in [7, 11) is -2.55. The molecular formula is C18H20N5O8P. The lowest BCUT2D eigenvalue weighted by Gasteiger charge is -2.27. The fourth-order valence-electron chi connectivity index (χ4n) is 3.48. The van der Waals surface area contributed by atoms with Crippen LogP contribution in [0.5, 0.6) is 11.5 Å². The Morgan fingerprint density at radius 1 is 1.41 bits per heavy atom. The highest BCUT2D eigenvalue weighted by atomic mass is 31.2. The number of hydrogen-bond donors (Lipinski definition) is 1. The first-order chi connectivity index (χ1) is 15.3. The molecule has 0 amide bonds. The number of phosphoric acid groups is 1. The lowest BCUT2D eigenvalue weighted by atomic mass is 10.1. The van der Waals surface area contributed by atoms with Crippen molar-refractivity contribution in [1.82, 2.24) is 9.55 Å². The molecule has 3 heterocycles. The summed E-state index contributed by atoms with van der Waals surface area (Å²) in [5.41, 5.74) is 8.69. The Balaban J connectivity index is 1.50. The average Bonchev–Trinajstić information content (AvgIpc) is 3.17. The number of methoxy groups -OCH3 is 1. The first kappa shape index (κ1) is 22.1. The van der Waals surface area contributed by atoms with Gasteiger partial charge in [-0.15, -0.1) is 0 Å². The standard InChI is InChI=1S/C18H20N5O8P/c1-10-7-23(18(25)20-17(10)24)15-6-12(21-22-19)14(30-15)9-29-32(26)28-8-11-4-3-5-13(27-2)16(11)31-32/h3-5,7,12,14-15H,6,8-9H2,1-2H3,(H,20,24,25)/t12-,14+,15+,32?/m0/s1. The third-order valence-corrected chi connectivity index (χ3v) is 6.44. The summed E-state index contributed by atoms with van der Waals surface area (Å²) in [5.74, 6) is 0.642. The number of aromatic amines is 1. The molecule has 2 aliphatic rings. The minimum absolute atomic E-state index is 0.0101. The van der Waals surface area contributed by atoms with E-state index in [1.807, 2.05) is 0 Å². The first-order valence-corrected chi connectivity index (χ1v) is 11.1. The maximum Gasteiger partial charge on any atom is 0.530 e. The van der Waals surface area contributed by atoms with Crippen molar-refractivity contribution in [2.75, 3.05) is 13.7 Å². The predicted molar refractivity (Wildman–Crippen MR) is 109 cm³/mol. The van der Waals surface area contributed by atoms with E-state index < -0.39 is 37.4 Å². The maximum absolute atomic E-state index is 13.0. The van der Waals surface area contributed by atoms with Crippen LogP contribution in [0.3, 0.4) is 0 Å². The minimum atomic E-state index is -4.01. The second kappa shape index (κ2) is 8.81. The molecule has 13 nitrogen and oxygen atoms in total. The van der Waals surface area contributed by atoms with Crippen LogP contribution in [0.1, 0.15) is 23.8 Å². The third-order valence-electron chi connectivity index (χ3n) is 5.12. The number of aryl methyl sites for hydroxylation is 1. The second-order valence-electron chi connectivity index (χ2n) is 7.17. The Bertz CT molecular complexity index is 1220. The fraction of sp³-hybridized carbons (Fsp3) is 0.444. The summed E-state index contributed by atoms with van der Waals surface area (Å²) in [4.78, 5) is 28.8. The molecular weight excluding hydrogens is 445 g/mol. The quantitative estimate of drug-likeness (QED) is 0.294. The van der Waals surface area contributed by atoms with E-state index >= 15 is 0 Å². The molecule has 2 aliphatic heterocycles. The number of H-pyrrole nitrogens is 1. The first-order valence-electron chi connectivity index (χ1n) is 9.60. The van der Waals surface area contributed by atoms with Gasteiger partial charge in [0.25, 0.3) is 5.56 Å². The molecule has 2 aromatic rings. The van der Waals surface area contributed by atoms with E-state index in [4.69, 9.17) is 28.6 Å². The van der Waals surface area contributed by atoms with Gasteiger partial charge in [-0.25, -0.2) is 9.36 Å². The van der Waals surface area contributed by atoms with E-state index in [2.05, 4.69) is 15.0 Å². The molecule has 4 rings (SSSR count). The number of nitrogens with zero attached hydrogens (tertiary/aromatic N) is 4. The number of azide groups is 1. The number of aromatic nitrogens is 2. The number of ether oxygens (including phenoxy) is 2. The normalized spacial score (nSPS) is 26.6. The highest BCUT2D eigenvalue weighted by Crippen LogP contribution is 2.57. The molecule has 0 aliphatic carbocycles. The van der Waals surface area contributed by atoms with Crippen LogP contribution in [-0.4, -0.2) is 35.4 Å². The topological polar surface area (TPSA) is 167 Å². The van der Waals surface area contributed by atoms with Gasteiger partial charge in [0.2, 0.25) is 0 Å². The molecule has 1 aromatic carbocycles. The molecule has 1 unspecified atom stereocenters. The van der Waals surface area contributed by atoms with Crippen LogP contribution >= 0.6 is 7.82 Å². The van der Waals surface area contributed by atoms with Gasteiger partial charge in [-0.1, -0.05) is 17.2 Å². The predicted octanol–water partition coefficient (Wildman–Crippen LogP) is 2.55. The number of benzene rings is 1. The minimum Gasteiger partial charge on any atom is -0.493 e. The Hall–Kier alpha value is -3.08. The molecule has 32 heavy (non-hydrogen) atoms. The SMILES string of the molecule is COc1cccc2c1OP(=O)(OC[C@H]1O[C@@H](n3cc(C)c(=O)[nH]c3=O)C[C@@H]1N=[N+]=[N-])OC2. The second-order valence-corrected chi connectivity index (χ2v) is 8.77. The van der Waals surface area contributed by atoms with E-state index in [1.54, 1.807) is 25.1 Å². The van der Waals surface area contributed by atoms with Crippen molar-refractivity contribution in [3.8, 4) is 11.5 Å². The Morgan fingerprint density at radius 3 is 2.97 bits per heavy atom. The molecule has 1 fully saturated rings. The molecule has 170 valence electrons. The van der Waals surface area contributed by atoms with Gasteiger partial charge in [-0.05, 0) is 18.5 Å². The summed E-state index contributed by atoms with van der Waals surface area (Å²) in [6.07, 6.45) is -0.156. The average molecular weight is 465 g/mol. The summed E-state index contributed by atoms with van der Waals surface area (Å²) in [6.45, 7) is 1.24. The zero-order valence-electron chi connectivity index (χ0n) is 17.2. The van der Waals surface area contributed by atoms with Crippen LogP contribution in [0.15, 0.2) is 39.1 Å². The van der Waals surface area contributed by atoms with E-state index in [-0.39, 0.29) is 25.4 Å². The molecule has 1 saturated heterocycles. The highest BCUT2D eigenvalue weighted by molar-refractivity contribution is 7.49. The lowest BCUT2D eigenvalue weighted by Crippen LogP contribution is -2.33. The van der Waals surface area contributed by atoms with Gasteiger partial charge < -0.3 is 14.0 Å². The van der Waals surface area contributed by atoms with Crippen molar-refractivity contribution >= 4 is 7.82 Å². The highest BCUT2D eigenvalue weighted by Gasteiger charge is 2.41. The fourth-order valence-corrected chi connectivity index (χ4v) is 4.72. The Labute approximate surface area is 181 Å². The molecule has 1 N–H and O–H groups in total. The largest absolute Gasteiger partial charge is 0.530 e. The number of hydrogen-bond acceptors (Lipinski definition) is 9. The Morgan fingerprint density at radius 2 is 2.22 bits per heavy atom.